The molecule has 1 aromatic carbocycles. The average Bonchev–Trinajstić information content (AvgIpc) is 2.27. The Morgan fingerprint density at radius 1 is 1.24 bits per heavy atom. The molecule has 0 aliphatic heterocycles. The maximum absolute atomic E-state index is 12.4. The minimum Gasteiger partial charge on any atom is -0.373 e. The summed E-state index contributed by atoms with van der Waals surface area (Å²) in [6.45, 7) is 1.38. The van der Waals surface area contributed by atoms with E-state index in [0.717, 1.165) is 0 Å². The normalized spacial score (nSPS) is 15.1. The van der Waals surface area contributed by atoms with E-state index in [1.807, 2.05) is 6.07 Å². The largest absolute Gasteiger partial charge is 0.392 e. The van der Waals surface area contributed by atoms with Gasteiger partial charge in [-0.2, -0.15) is 18.4 Å². The summed E-state index contributed by atoms with van der Waals surface area (Å²) in [6.07, 6.45) is -5.37. The lowest BCUT2D eigenvalue weighted by atomic mass is 9.91. The Morgan fingerprint density at radius 3 is 2.12 bits per heavy atom. The number of hydrogen-bond acceptors (Lipinski definition) is 2. The van der Waals surface area contributed by atoms with E-state index in [1.165, 1.54) is 38.3 Å². The van der Waals surface area contributed by atoms with Crippen molar-refractivity contribution in [3.8, 4) is 6.07 Å². The molecule has 0 fully saturated rings. The number of rotatable bonds is 3. The van der Waals surface area contributed by atoms with Gasteiger partial charge in [0.05, 0.1) is 23.7 Å². The highest BCUT2D eigenvalue weighted by Gasteiger charge is 2.40. The van der Waals surface area contributed by atoms with Crippen molar-refractivity contribution >= 4 is 0 Å². The van der Waals surface area contributed by atoms with E-state index in [0.29, 0.717) is 11.1 Å². The highest BCUT2D eigenvalue weighted by Crippen LogP contribution is 2.36. The molecule has 1 aromatic rings. The lowest BCUT2D eigenvalue weighted by molar-refractivity contribution is -0.181. The highest BCUT2D eigenvalue weighted by molar-refractivity contribution is 5.34. The molecule has 0 heterocycles. The zero-order chi connectivity index (χ0) is 13.1. The van der Waals surface area contributed by atoms with Crippen LogP contribution >= 0.6 is 0 Å². The summed E-state index contributed by atoms with van der Waals surface area (Å²) in [5.74, 6) is 0. The van der Waals surface area contributed by atoms with Gasteiger partial charge in [-0.1, -0.05) is 12.1 Å². The van der Waals surface area contributed by atoms with Crippen molar-refractivity contribution in [1.29, 1.82) is 5.26 Å². The highest BCUT2D eigenvalue weighted by atomic mass is 19.4. The van der Waals surface area contributed by atoms with Crippen LogP contribution < -0.4 is 0 Å². The van der Waals surface area contributed by atoms with Crippen LogP contribution in [0.2, 0.25) is 0 Å². The molecule has 2 nitrogen and oxygen atoms in total. The second kappa shape index (κ2) is 4.76. The van der Waals surface area contributed by atoms with Gasteiger partial charge in [0.15, 0.2) is 0 Å². The van der Waals surface area contributed by atoms with Crippen LogP contribution in [0.25, 0.3) is 0 Å². The molecule has 5 heteroatoms. The minimum atomic E-state index is -4.31. The van der Waals surface area contributed by atoms with Gasteiger partial charge < -0.3 is 4.74 Å². The Labute approximate surface area is 97.6 Å². The Morgan fingerprint density at radius 2 is 1.76 bits per heavy atom. The van der Waals surface area contributed by atoms with Crippen molar-refractivity contribution in [3.05, 3.63) is 35.4 Å². The van der Waals surface area contributed by atoms with Crippen molar-refractivity contribution < 1.29 is 17.9 Å². The third-order valence-electron chi connectivity index (χ3n) is 2.61. The lowest BCUT2D eigenvalue weighted by Gasteiger charge is -2.29. The van der Waals surface area contributed by atoms with Crippen LogP contribution in [0.3, 0.4) is 0 Å². The molecule has 0 N–H and O–H groups in total. The molecule has 17 heavy (non-hydrogen) atoms. The van der Waals surface area contributed by atoms with Gasteiger partial charge in [-0.15, -0.1) is 0 Å². The van der Waals surface area contributed by atoms with Crippen LogP contribution in [0.4, 0.5) is 13.2 Å². The van der Waals surface area contributed by atoms with Crippen LogP contribution in [0.5, 0.6) is 0 Å². The van der Waals surface area contributed by atoms with Crippen molar-refractivity contribution in [2.45, 2.75) is 25.1 Å². The second-order valence-corrected chi connectivity index (χ2v) is 3.92. The number of hydrogen-bond donors (Lipinski definition) is 0. The van der Waals surface area contributed by atoms with Gasteiger partial charge in [-0.3, -0.25) is 0 Å². The molecule has 0 spiro atoms. The van der Waals surface area contributed by atoms with E-state index in [9.17, 15) is 13.2 Å². The van der Waals surface area contributed by atoms with E-state index in [2.05, 4.69) is 0 Å². The Bertz CT molecular complexity index is 419. The number of nitriles is 1. The van der Waals surface area contributed by atoms with Gasteiger partial charge in [0.1, 0.15) is 0 Å². The fourth-order valence-corrected chi connectivity index (χ4v) is 1.57. The molecule has 0 saturated heterocycles. The molecule has 1 atom stereocenters. The fourth-order valence-electron chi connectivity index (χ4n) is 1.57. The predicted octanol–water partition coefficient (Wildman–Crippen LogP) is 3.37. The summed E-state index contributed by atoms with van der Waals surface area (Å²) >= 11 is 0. The van der Waals surface area contributed by atoms with Crippen molar-refractivity contribution in [3.63, 3.8) is 0 Å². The van der Waals surface area contributed by atoms with Crippen LogP contribution in [-0.4, -0.2) is 13.3 Å². The maximum atomic E-state index is 12.4. The summed E-state index contributed by atoms with van der Waals surface area (Å²) in [5.41, 5.74) is -0.623. The van der Waals surface area contributed by atoms with Crippen LogP contribution in [0.15, 0.2) is 24.3 Å². The molecular formula is C12H12F3NO. The molecule has 1 rings (SSSR count). The summed E-state index contributed by atoms with van der Waals surface area (Å²) in [6, 6.07) is 7.82. The molecular weight excluding hydrogens is 231 g/mol. The van der Waals surface area contributed by atoms with Gasteiger partial charge in [0, 0.05) is 7.11 Å². The number of ether oxygens (including phenoxy) is 1. The summed E-state index contributed by atoms with van der Waals surface area (Å²) < 4.78 is 42.3. The van der Waals surface area contributed by atoms with Crippen LogP contribution in [0, 0.1) is 11.3 Å². The first-order valence-corrected chi connectivity index (χ1v) is 4.93. The van der Waals surface area contributed by atoms with E-state index in [1.54, 1.807) is 0 Å². The van der Waals surface area contributed by atoms with Gasteiger partial charge in [0.2, 0.25) is 0 Å². The lowest BCUT2D eigenvalue weighted by Crippen LogP contribution is -2.31. The van der Waals surface area contributed by atoms with Gasteiger partial charge in [-0.05, 0) is 24.6 Å². The predicted molar refractivity (Wildman–Crippen MR) is 56.2 cm³/mol. The van der Waals surface area contributed by atoms with Gasteiger partial charge in [-0.25, -0.2) is 0 Å². The summed E-state index contributed by atoms with van der Waals surface area (Å²) in [4.78, 5) is 0. The Kier molecular flexibility index (Phi) is 3.79. The molecule has 0 bridgehead atoms. The Hall–Kier alpha value is -1.54. The van der Waals surface area contributed by atoms with Crippen LogP contribution in [-0.2, 0) is 10.3 Å². The van der Waals surface area contributed by atoms with Crippen molar-refractivity contribution in [2.75, 3.05) is 7.11 Å². The van der Waals surface area contributed by atoms with E-state index in [4.69, 9.17) is 10.00 Å². The van der Waals surface area contributed by atoms with E-state index >= 15 is 0 Å². The monoisotopic (exact) mass is 243 g/mol. The quantitative estimate of drug-likeness (QED) is 0.815. The standard InChI is InChI=1S/C12H12F3NO/c1-11(17-2,8-12(13,14)15)10-5-3-9(7-16)4-6-10/h3-6H,8H2,1-2H3. The number of methoxy groups -OCH3 is 1. The third kappa shape index (κ3) is 3.46. The number of benzene rings is 1. The smallest absolute Gasteiger partial charge is 0.373 e. The number of halogens is 3. The molecule has 0 amide bonds. The topological polar surface area (TPSA) is 33.0 Å². The molecule has 0 aliphatic carbocycles. The van der Waals surface area contributed by atoms with Crippen molar-refractivity contribution in [1.82, 2.24) is 0 Å². The number of alkyl halides is 3. The zero-order valence-corrected chi connectivity index (χ0v) is 9.51. The van der Waals surface area contributed by atoms with Crippen LogP contribution in [0.1, 0.15) is 24.5 Å². The first-order valence-electron chi connectivity index (χ1n) is 4.93. The average molecular weight is 243 g/mol. The van der Waals surface area contributed by atoms with Crippen molar-refractivity contribution in [2.24, 2.45) is 0 Å². The molecule has 0 saturated carbocycles. The SMILES string of the molecule is COC(C)(CC(F)(F)F)c1ccc(C#N)cc1. The first kappa shape index (κ1) is 13.5. The Balaban J connectivity index is 3.04. The molecule has 0 aromatic heterocycles. The van der Waals surface area contributed by atoms with E-state index < -0.39 is 18.2 Å². The maximum Gasteiger partial charge on any atom is 0.392 e. The van der Waals surface area contributed by atoms with E-state index in [-0.39, 0.29) is 0 Å². The second-order valence-electron chi connectivity index (χ2n) is 3.92. The summed E-state index contributed by atoms with van der Waals surface area (Å²) in [7, 11) is 1.24. The molecule has 0 aliphatic rings. The minimum absolute atomic E-state index is 0.399. The molecule has 0 radical (unpaired) electrons. The number of nitrogens with zero attached hydrogens (tertiary/aromatic N) is 1. The fraction of sp³-hybridized carbons (Fsp3) is 0.417. The van der Waals surface area contributed by atoms with Gasteiger partial charge in [0.25, 0.3) is 0 Å². The molecule has 92 valence electrons. The van der Waals surface area contributed by atoms with Gasteiger partial charge >= 0.3 is 6.18 Å². The summed E-state index contributed by atoms with van der Waals surface area (Å²) in [5, 5.41) is 8.61. The molecule has 1 unspecified atom stereocenters. The zero-order valence-electron chi connectivity index (χ0n) is 9.51. The first-order chi connectivity index (χ1) is 7.80. The third-order valence-corrected chi connectivity index (χ3v) is 2.61.